The molecule has 0 heterocycles. The summed E-state index contributed by atoms with van der Waals surface area (Å²) in [5.74, 6) is 0.176. The number of aromatic hydroxyl groups is 2. The molecule has 0 unspecified atom stereocenters. The number of nitrogens with zero attached hydrogens (tertiary/aromatic N) is 1. The second kappa shape index (κ2) is 10.9. The normalized spacial score (nSPS) is 18.5. The number of carbonyl (C=O) groups is 1. The fraction of sp³-hybridized carbons (Fsp3) is 0.667. The number of carbonyl (C=O) groups excluding carboxylic acids is 1. The molecule has 1 amide bonds. The van der Waals surface area contributed by atoms with Gasteiger partial charge in [0.15, 0.2) is 0 Å². The summed E-state index contributed by atoms with van der Waals surface area (Å²) in [6, 6.07) is 6.74. The van der Waals surface area contributed by atoms with Crippen molar-refractivity contribution in [3.05, 3.63) is 24.3 Å². The zero-order chi connectivity index (χ0) is 18.8. The van der Waals surface area contributed by atoms with Crippen LogP contribution in [0.4, 0.5) is 4.79 Å². The fourth-order valence-corrected chi connectivity index (χ4v) is 4.01. The zero-order valence-corrected chi connectivity index (χ0v) is 15.9. The Hall–Kier alpha value is -1.91. The van der Waals surface area contributed by atoms with Gasteiger partial charge in [-0.05, 0) is 44.7 Å². The summed E-state index contributed by atoms with van der Waals surface area (Å²) in [4.78, 5) is 14.4. The number of phenols is 2. The Morgan fingerprint density at radius 1 is 0.962 bits per heavy atom. The Balaban J connectivity index is 0.000000254. The van der Waals surface area contributed by atoms with Crippen LogP contribution in [0.2, 0.25) is 0 Å². The van der Waals surface area contributed by atoms with Crippen LogP contribution in [0.3, 0.4) is 0 Å². The van der Waals surface area contributed by atoms with E-state index in [-0.39, 0.29) is 17.6 Å². The topological polar surface area (TPSA) is 70.0 Å². The van der Waals surface area contributed by atoms with Gasteiger partial charge in [-0.3, -0.25) is 0 Å². The van der Waals surface area contributed by atoms with Gasteiger partial charge < -0.3 is 19.8 Å². The molecule has 2 aliphatic rings. The van der Waals surface area contributed by atoms with Crippen molar-refractivity contribution in [2.24, 2.45) is 0 Å². The molecule has 5 nitrogen and oxygen atoms in total. The van der Waals surface area contributed by atoms with Crippen LogP contribution in [0, 0.1) is 0 Å². The molecule has 2 N–H and O–H groups in total. The number of rotatable bonds is 3. The minimum Gasteiger partial charge on any atom is -0.508 e. The van der Waals surface area contributed by atoms with Crippen LogP contribution in [0.1, 0.15) is 71.1 Å². The van der Waals surface area contributed by atoms with E-state index in [0.29, 0.717) is 18.7 Å². The van der Waals surface area contributed by atoms with Crippen LogP contribution in [-0.4, -0.2) is 39.9 Å². The van der Waals surface area contributed by atoms with Gasteiger partial charge >= 0.3 is 6.09 Å². The summed E-state index contributed by atoms with van der Waals surface area (Å²) < 4.78 is 5.30. The predicted molar refractivity (Wildman–Crippen MR) is 102 cm³/mol. The second-order valence-electron chi connectivity index (χ2n) is 7.21. The molecule has 2 aliphatic carbocycles. The summed E-state index contributed by atoms with van der Waals surface area (Å²) in [6.45, 7) is 2.40. The third kappa shape index (κ3) is 6.43. The van der Waals surface area contributed by atoms with Crippen LogP contribution in [-0.2, 0) is 4.74 Å². The Bertz CT molecular complexity index is 501. The number of phenolic OH excluding ortho intramolecular Hbond substituents is 2. The molecule has 0 aliphatic heterocycles. The second-order valence-corrected chi connectivity index (χ2v) is 7.21. The van der Waals surface area contributed by atoms with E-state index < -0.39 is 0 Å². The summed E-state index contributed by atoms with van der Waals surface area (Å²) >= 11 is 0. The van der Waals surface area contributed by atoms with Crippen molar-refractivity contribution in [2.45, 2.75) is 83.2 Å². The monoisotopic (exact) mass is 363 g/mol. The van der Waals surface area contributed by atoms with E-state index in [0.717, 1.165) is 0 Å². The van der Waals surface area contributed by atoms with Gasteiger partial charge in [-0.15, -0.1) is 0 Å². The van der Waals surface area contributed by atoms with E-state index >= 15 is 0 Å². The van der Waals surface area contributed by atoms with Crippen molar-refractivity contribution in [1.82, 2.24) is 4.90 Å². The minimum absolute atomic E-state index is 0.0590. The molecule has 0 spiro atoms. The highest BCUT2D eigenvalue weighted by molar-refractivity contribution is 5.68. The van der Waals surface area contributed by atoms with Gasteiger partial charge in [-0.2, -0.15) is 0 Å². The third-order valence-electron chi connectivity index (χ3n) is 5.24. The average molecular weight is 363 g/mol. The molecule has 0 atom stereocenters. The summed E-state index contributed by atoms with van der Waals surface area (Å²) in [7, 11) is 0. The zero-order valence-electron chi connectivity index (χ0n) is 15.9. The van der Waals surface area contributed by atoms with E-state index in [2.05, 4.69) is 4.90 Å². The number of hydrogen-bond acceptors (Lipinski definition) is 4. The van der Waals surface area contributed by atoms with Gasteiger partial charge in [0.25, 0.3) is 0 Å². The molecule has 1 aromatic rings. The van der Waals surface area contributed by atoms with Gasteiger partial charge in [0.05, 0.1) is 6.61 Å². The Morgan fingerprint density at radius 2 is 1.42 bits per heavy atom. The van der Waals surface area contributed by atoms with E-state index in [1.54, 1.807) is 6.07 Å². The maximum absolute atomic E-state index is 12.2. The van der Waals surface area contributed by atoms with Gasteiger partial charge in [-0.25, -0.2) is 4.79 Å². The SMILES string of the molecule is CCOC(=O)N(C1CCCCC1)C1CCCCC1.Oc1cccc(O)c1. The van der Waals surface area contributed by atoms with Crippen LogP contribution in [0.25, 0.3) is 0 Å². The molecule has 2 saturated carbocycles. The van der Waals surface area contributed by atoms with E-state index in [9.17, 15) is 4.79 Å². The van der Waals surface area contributed by atoms with Gasteiger partial charge in [-0.1, -0.05) is 44.6 Å². The van der Waals surface area contributed by atoms with Crippen LogP contribution in [0.5, 0.6) is 11.5 Å². The molecule has 0 saturated heterocycles. The molecule has 0 radical (unpaired) electrons. The van der Waals surface area contributed by atoms with Crippen molar-refractivity contribution in [1.29, 1.82) is 0 Å². The lowest BCUT2D eigenvalue weighted by atomic mass is 9.89. The van der Waals surface area contributed by atoms with Crippen molar-refractivity contribution in [3.63, 3.8) is 0 Å². The van der Waals surface area contributed by atoms with Crippen molar-refractivity contribution >= 4 is 6.09 Å². The highest BCUT2D eigenvalue weighted by atomic mass is 16.6. The number of hydrogen-bond donors (Lipinski definition) is 2. The van der Waals surface area contributed by atoms with Gasteiger partial charge in [0, 0.05) is 18.2 Å². The lowest BCUT2D eigenvalue weighted by Gasteiger charge is -2.40. The fourth-order valence-electron chi connectivity index (χ4n) is 4.01. The highest BCUT2D eigenvalue weighted by Gasteiger charge is 2.33. The molecular formula is C21H33NO4. The first-order valence-corrected chi connectivity index (χ1v) is 10.0. The van der Waals surface area contributed by atoms with E-state index in [1.165, 1.54) is 82.4 Å². The van der Waals surface area contributed by atoms with Crippen LogP contribution < -0.4 is 0 Å². The number of ether oxygens (including phenoxy) is 1. The first-order valence-electron chi connectivity index (χ1n) is 10.0. The predicted octanol–water partition coefficient (Wildman–Crippen LogP) is 5.21. The third-order valence-corrected chi connectivity index (χ3v) is 5.24. The Kier molecular flexibility index (Phi) is 8.59. The lowest BCUT2D eigenvalue weighted by molar-refractivity contribution is 0.0484. The highest BCUT2D eigenvalue weighted by Crippen LogP contribution is 2.30. The van der Waals surface area contributed by atoms with Crippen molar-refractivity contribution < 1.29 is 19.7 Å². The number of benzene rings is 1. The van der Waals surface area contributed by atoms with Crippen molar-refractivity contribution in [2.75, 3.05) is 6.61 Å². The maximum Gasteiger partial charge on any atom is 0.410 e. The average Bonchev–Trinajstić information content (AvgIpc) is 2.64. The van der Waals surface area contributed by atoms with E-state index in [1.807, 2.05) is 6.92 Å². The summed E-state index contributed by atoms with van der Waals surface area (Å²) in [5, 5.41) is 17.3. The smallest absolute Gasteiger partial charge is 0.410 e. The molecule has 146 valence electrons. The quantitative estimate of drug-likeness (QED) is 0.773. The minimum atomic E-state index is -0.0590. The number of amides is 1. The molecular weight excluding hydrogens is 330 g/mol. The first kappa shape index (κ1) is 20.4. The molecule has 1 aromatic carbocycles. The maximum atomic E-state index is 12.2. The molecule has 26 heavy (non-hydrogen) atoms. The van der Waals surface area contributed by atoms with Gasteiger partial charge in [0.1, 0.15) is 11.5 Å². The first-order chi connectivity index (χ1) is 12.6. The Labute approximate surface area is 157 Å². The Morgan fingerprint density at radius 3 is 1.77 bits per heavy atom. The summed E-state index contributed by atoms with van der Waals surface area (Å²) in [6.07, 6.45) is 12.4. The van der Waals surface area contributed by atoms with Crippen LogP contribution in [0.15, 0.2) is 24.3 Å². The van der Waals surface area contributed by atoms with Crippen molar-refractivity contribution in [3.8, 4) is 11.5 Å². The summed E-state index contributed by atoms with van der Waals surface area (Å²) in [5.41, 5.74) is 0. The van der Waals surface area contributed by atoms with Crippen LogP contribution >= 0.6 is 0 Å². The molecule has 0 aromatic heterocycles. The van der Waals surface area contributed by atoms with Gasteiger partial charge in [0.2, 0.25) is 0 Å². The molecule has 2 fully saturated rings. The largest absolute Gasteiger partial charge is 0.508 e. The molecule has 5 heteroatoms. The molecule has 0 bridgehead atoms. The standard InChI is InChI=1S/C15H27NO2.C6H6O2/c1-2-18-15(17)16(13-9-5-3-6-10-13)14-11-7-4-8-12-14;7-5-2-1-3-6(8)4-5/h13-14H,2-12H2,1H3;1-4,7-8H. The lowest BCUT2D eigenvalue weighted by Crippen LogP contribution is -2.49. The van der Waals surface area contributed by atoms with E-state index in [4.69, 9.17) is 14.9 Å². The molecule has 3 rings (SSSR count).